The molecule has 1 spiro atoms. The lowest BCUT2D eigenvalue weighted by Crippen LogP contribution is -2.62. The average Bonchev–Trinajstić information content (AvgIpc) is 3.53. The number of ether oxygens (including phenoxy) is 3. The van der Waals surface area contributed by atoms with Crippen LogP contribution in [0.5, 0.6) is 0 Å². The monoisotopic (exact) mass is 646 g/mol. The van der Waals surface area contributed by atoms with Crippen LogP contribution in [0.4, 0.5) is 0 Å². The molecule has 246 valence electrons. The van der Waals surface area contributed by atoms with E-state index in [0.29, 0.717) is 23.4 Å². The third-order valence-electron chi connectivity index (χ3n) is 9.67. The van der Waals surface area contributed by atoms with E-state index in [4.69, 9.17) is 14.2 Å². The van der Waals surface area contributed by atoms with Gasteiger partial charge in [-0.2, -0.15) is 5.26 Å². The van der Waals surface area contributed by atoms with Crippen LogP contribution in [0, 0.1) is 28.1 Å². The number of aromatic nitrogens is 3. The van der Waals surface area contributed by atoms with Gasteiger partial charge in [0.05, 0.1) is 24.9 Å². The molecule has 1 saturated heterocycles. The Morgan fingerprint density at radius 1 is 0.917 bits per heavy atom. The summed E-state index contributed by atoms with van der Waals surface area (Å²) in [4.78, 5) is 42.8. The minimum atomic E-state index is -1.77. The molecule has 2 fully saturated rings. The van der Waals surface area contributed by atoms with E-state index in [-0.39, 0.29) is 25.9 Å². The first-order valence-electron chi connectivity index (χ1n) is 16.2. The number of nitrogens with zero attached hydrogens (tertiary/aromatic N) is 4. The van der Waals surface area contributed by atoms with Gasteiger partial charge in [0.2, 0.25) is 0 Å². The van der Waals surface area contributed by atoms with Gasteiger partial charge in [-0.05, 0) is 42.4 Å². The van der Waals surface area contributed by atoms with Crippen molar-refractivity contribution >= 4 is 17.9 Å². The molecule has 2 aliphatic rings. The molecule has 0 N–H and O–H groups in total. The van der Waals surface area contributed by atoms with Crippen molar-refractivity contribution < 1.29 is 28.6 Å². The Morgan fingerprint density at radius 3 is 1.94 bits per heavy atom. The minimum absolute atomic E-state index is 0.0670. The fourth-order valence-corrected chi connectivity index (χ4v) is 7.51. The van der Waals surface area contributed by atoms with Crippen molar-refractivity contribution in [3.8, 4) is 6.07 Å². The second kappa shape index (κ2) is 13.1. The maximum atomic E-state index is 14.4. The molecule has 2 unspecified atom stereocenters. The number of hydrogen-bond donors (Lipinski definition) is 0. The highest BCUT2D eigenvalue weighted by Crippen LogP contribution is 2.62. The highest BCUT2D eigenvalue weighted by molar-refractivity contribution is 6.04. The van der Waals surface area contributed by atoms with Crippen LogP contribution in [0.15, 0.2) is 97.2 Å². The number of benzene rings is 3. The summed E-state index contributed by atoms with van der Waals surface area (Å²) in [5.41, 5.74) is -0.625. The van der Waals surface area contributed by atoms with E-state index >= 15 is 0 Å². The van der Waals surface area contributed by atoms with Crippen LogP contribution in [-0.4, -0.2) is 45.3 Å². The van der Waals surface area contributed by atoms with Gasteiger partial charge in [0.25, 0.3) is 5.79 Å². The quantitative estimate of drug-likeness (QED) is 0.165. The zero-order valence-electron chi connectivity index (χ0n) is 27.2. The summed E-state index contributed by atoms with van der Waals surface area (Å²) in [6, 6.07) is 30.6. The lowest BCUT2D eigenvalue weighted by Gasteiger charge is -2.53. The lowest BCUT2D eigenvalue weighted by atomic mass is 9.50. The van der Waals surface area contributed by atoms with Gasteiger partial charge in [0.15, 0.2) is 10.8 Å². The number of rotatable bonds is 9. The number of carbonyl (C=O) groups is 3. The SMILES string of the molecule is CCOC(=O)C(C#N)(Cc1cn(Cc2ccccc2)nn1)C1C[C@H](c2ccccc2)C2(C(=O)OC(C)(C)OC2=O)[C@H](c2ccccc2)C1. The maximum absolute atomic E-state index is 14.4. The molecule has 1 saturated carbocycles. The molecular formula is C38H38N4O6. The van der Waals surface area contributed by atoms with Gasteiger partial charge in [-0.1, -0.05) is 96.2 Å². The highest BCUT2D eigenvalue weighted by atomic mass is 16.7. The van der Waals surface area contributed by atoms with Crippen LogP contribution in [0.3, 0.4) is 0 Å². The van der Waals surface area contributed by atoms with Crippen molar-refractivity contribution in [3.63, 3.8) is 0 Å². The molecule has 10 heteroatoms. The Labute approximate surface area is 279 Å². The fourth-order valence-electron chi connectivity index (χ4n) is 7.51. The fraction of sp³-hybridized carbons (Fsp3) is 0.368. The van der Waals surface area contributed by atoms with Crippen LogP contribution in [0.25, 0.3) is 0 Å². The Balaban J connectivity index is 1.48. The van der Waals surface area contributed by atoms with Gasteiger partial charge in [-0.15, -0.1) is 5.10 Å². The van der Waals surface area contributed by atoms with Crippen LogP contribution in [0.2, 0.25) is 0 Å². The molecule has 2 heterocycles. The van der Waals surface area contributed by atoms with E-state index < -0.39 is 52.3 Å². The first-order chi connectivity index (χ1) is 23.1. The van der Waals surface area contributed by atoms with Gasteiger partial charge in [0.1, 0.15) is 0 Å². The molecule has 10 nitrogen and oxygen atoms in total. The molecule has 4 aromatic rings. The molecule has 1 aromatic heterocycles. The van der Waals surface area contributed by atoms with Crippen LogP contribution in [0.1, 0.15) is 67.8 Å². The van der Waals surface area contributed by atoms with E-state index in [0.717, 1.165) is 5.56 Å². The number of hydrogen-bond acceptors (Lipinski definition) is 9. The largest absolute Gasteiger partial charge is 0.465 e. The number of carbonyl (C=O) groups excluding carboxylic acids is 3. The summed E-state index contributed by atoms with van der Waals surface area (Å²) in [7, 11) is 0. The minimum Gasteiger partial charge on any atom is -0.465 e. The molecule has 0 amide bonds. The van der Waals surface area contributed by atoms with E-state index in [9.17, 15) is 19.6 Å². The van der Waals surface area contributed by atoms with Crippen molar-refractivity contribution in [3.05, 3.63) is 120 Å². The Kier molecular flexibility index (Phi) is 8.89. The molecule has 3 aromatic carbocycles. The smallest absolute Gasteiger partial charge is 0.328 e. The topological polar surface area (TPSA) is 133 Å². The van der Waals surface area contributed by atoms with Gasteiger partial charge >= 0.3 is 17.9 Å². The maximum Gasteiger partial charge on any atom is 0.328 e. The summed E-state index contributed by atoms with van der Waals surface area (Å²) in [6.07, 6.45) is 1.93. The standard InChI is InChI=1S/C38H38N4O6/c1-4-46-33(43)37(25-39,22-30-24-42(41-40-30)23-26-14-8-5-9-15-26)29-20-31(27-16-10-6-11-17-27)38(32(21-29)28-18-12-7-13-19-28)34(44)47-36(2,3)48-35(38)45/h5-19,24,29,31-32H,4,20-23H2,1-3H3/t29?,31-,32+,37?. The number of cyclic esters (lactones) is 2. The van der Waals surface area contributed by atoms with E-state index in [2.05, 4.69) is 16.4 Å². The summed E-state index contributed by atoms with van der Waals surface area (Å²) < 4.78 is 19.0. The van der Waals surface area contributed by atoms with Crippen molar-refractivity contribution in [2.75, 3.05) is 6.61 Å². The van der Waals surface area contributed by atoms with Crippen molar-refractivity contribution in [1.82, 2.24) is 15.0 Å². The second-order valence-corrected chi connectivity index (χ2v) is 13.0. The Hall–Kier alpha value is -5.30. The molecule has 1 aliphatic carbocycles. The Bertz CT molecular complexity index is 1750. The zero-order chi connectivity index (χ0) is 33.9. The first kappa shape index (κ1) is 32.6. The molecular weight excluding hydrogens is 608 g/mol. The number of esters is 3. The highest BCUT2D eigenvalue weighted by Gasteiger charge is 2.69. The van der Waals surface area contributed by atoms with Gasteiger partial charge in [-0.3, -0.25) is 14.4 Å². The molecule has 4 atom stereocenters. The lowest BCUT2D eigenvalue weighted by molar-refractivity contribution is -0.258. The summed E-state index contributed by atoms with van der Waals surface area (Å²) >= 11 is 0. The predicted molar refractivity (Wildman–Crippen MR) is 174 cm³/mol. The zero-order valence-corrected chi connectivity index (χ0v) is 27.2. The van der Waals surface area contributed by atoms with Crippen LogP contribution < -0.4 is 0 Å². The predicted octanol–water partition coefficient (Wildman–Crippen LogP) is 5.74. The summed E-state index contributed by atoms with van der Waals surface area (Å²) in [5, 5.41) is 19.7. The summed E-state index contributed by atoms with van der Waals surface area (Å²) in [5.74, 6) is -5.77. The van der Waals surface area contributed by atoms with Gasteiger partial charge < -0.3 is 14.2 Å². The molecule has 0 radical (unpaired) electrons. The second-order valence-electron chi connectivity index (χ2n) is 13.0. The van der Waals surface area contributed by atoms with E-state index in [1.165, 1.54) is 13.8 Å². The Morgan fingerprint density at radius 2 is 1.44 bits per heavy atom. The van der Waals surface area contributed by atoms with Crippen molar-refractivity contribution in [2.45, 2.75) is 64.2 Å². The third-order valence-corrected chi connectivity index (χ3v) is 9.67. The van der Waals surface area contributed by atoms with Crippen LogP contribution in [-0.2, 0) is 41.6 Å². The first-order valence-corrected chi connectivity index (χ1v) is 16.2. The number of nitriles is 1. The van der Waals surface area contributed by atoms with E-state index in [1.807, 2.05) is 91.0 Å². The molecule has 0 bridgehead atoms. The third kappa shape index (κ3) is 5.85. The van der Waals surface area contributed by atoms with Gasteiger partial charge in [-0.25, -0.2) is 4.68 Å². The molecule has 48 heavy (non-hydrogen) atoms. The van der Waals surface area contributed by atoms with Crippen molar-refractivity contribution in [2.24, 2.45) is 16.7 Å². The molecule has 1 aliphatic heterocycles. The van der Waals surface area contributed by atoms with Crippen LogP contribution >= 0.6 is 0 Å². The normalized spacial score (nSPS) is 22.5. The van der Waals surface area contributed by atoms with E-state index in [1.54, 1.807) is 17.8 Å². The summed E-state index contributed by atoms with van der Waals surface area (Å²) in [6.45, 7) is 5.29. The van der Waals surface area contributed by atoms with Crippen molar-refractivity contribution in [1.29, 1.82) is 5.26 Å². The molecule has 6 rings (SSSR count). The average molecular weight is 647 g/mol. The van der Waals surface area contributed by atoms with Gasteiger partial charge in [0, 0.05) is 38.3 Å².